The fraction of sp³-hybridized carbons (Fsp3) is 0.0870. The van der Waals surface area contributed by atoms with Crippen LogP contribution < -0.4 is 4.74 Å². The molecule has 2 aromatic carbocycles. The lowest BCUT2D eigenvalue weighted by molar-refractivity contribution is -0.122. The third-order valence-electron chi connectivity index (χ3n) is 4.43. The number of carbonyl (C=O) groups excluding carboxylic acids is 1. The number of thioether (sulfide) groups is 1. The van der Waals surface area contributed by atoms with Crippen molar-refractivity contribution in [1.82, 2.24) is 4.90 Å². The van der Waals surface area contributed by atoms with Gasteiger partial charge in [0.15, 0.2) is 5.17 Å². The Hall–Kier alpha value is -3.65. The molecule has 1 fully saturated rings. The summed E-state index contributed by atoms with van der Waals surface area (Å²) in [6.07, 6.45) is 4.83. The number of furan rings is 1. The summed E-state index contributed by atoms with van der Waals surface area (Å²) in [6.45, 7) is 0.229. The van der Waals surface area contributed by atoms with Gasteiger partial charge in [0.2, 0.25) is 0 Å². The third kappa shape index (κ3) is 4.92. The highest BCUT2D eigenvalue weighted by Crippen LogP contribution is 2.35. The first-order valence-corrected chi connectivity index (χ1v) is 10.2. The summed E-state index contributed by atoms with van der Waals surface area (Å²) in [5, 5.41) is 8.74. The fourth-order valence-electron chi connectivity index (χ4n) is 2.90. The molecule has 0 radical (unpaired) electrons. The van der Waals surface area contributed by atoms with Crippen molar-refractivity contribution in [2.75, 3.05) is 7.11 Å². The van der Waals surface area contributed by atoms with E-state index in [2.05, 4.69) is 10.2 Å². The number of nitrogens with zero attached hydrogens (tertiary/aromatic N) is 3. The maximum Gasteiger partial charge on any atom is 0.267 e. The van der Waals surface area contributed by atoms with E-state index in [-0.39, 0.29) is 18.3 Å². The van der Waals surface area contributed by atoms with Crippen LogP contribution in [0, 0.1) is 5.82 Å². The first-order valence-electron chi connectivity index (χ1n) is 9.37. The number of methoxy groups -OCH3 is 1. The Kier molecular flexibility index (Phi) is 6.28. The summed E-state index contributed by atoms with van der Waals surface area (Å²) in [4.78, 5) is 15.1. The quantitative estimate of drug-likeness (QED) is 0.313. The number of hydrogen-bond donors (Lipinski definition) is 0. The molecule has 1 saturated heterocycles. The largest absolute Gasteiger partial charge is 0.496 e. The zero-order valence-corrected chi connectivity index (χ0v) is 17.4. The average molecular weight is 435 g/mol. The summed E-state index contributed by atoms with van der Waals surface area (Å²) in [7, 11) is 1.58. The lowest BCUT2D eigenvalue weighted by atomic mass is 10.2. The molecule has 0 bridgehead atoms. The van der Waals surface area contributed by atoms with E-state index in [1.54, 1.807) is 43.7 Å². The van der Waals surface area contributed by atoms with Gasteiger partial charge in [-0.15, -0.1) is 5.10 Å². The van der Waals surface area contributed by atoms with Gasteiger partial charge in [-0.05, 0) is 53.7 Å². The zero-order valence-electron chi connectivity index (χ0n) is 16.6. The summed E-state index contributed by atoms with van der Waals surface area (Å²) in [5.74, 6) is 0.766. The number of amidine groups is 1. The highest BCUT2D eigenvalue weighted by Gasteiger charge is 2.34. The molecule has 4 rings (SSSR count). The highest BCUT2D eigenvalue weighted by atomic mass is 32.2. The molecule has 31 heavy (non-hydrogen) atoms. The van der Waals surface area contributed by atoms with Crippen molar-refractivity contribution in [2.24, 2.45) is 10.2 Å². The molecule has 156 valence electrons. The molecule has 0 saturated carbocycles. The predicted molar refractivity (Wildman–Crippen MR) is 119 cm³/mol. The molecule has 0 unspecified atom stereocenters. The summed E-state index contributed by atoms with van der Waals surface area (Å²) in [6, 6.07) is 16.9. The Labute approximate surface area is 182 Å². The van der Waals surface area contributed by atoms with Gasteiger partial charge in [0.1, 0.15) is 17.3 Å². The molecule has 0 N–H and O–H groups in total. The van der Waals surface area contributed by atoms with Crippen LogP contribution >= 0.6 is 11.8 Å². The van der Waals surface area contributed by atoms with Crippen LogP contribution in [-0.2, 0) is 11.3 Å². The number of para-hydroxylation sites is 1. The van der Waals surface area contributed by atoms with Gasteiger partial charge in [-0.3, -0.25) is 9.69 Å². The molecule has 1 aliphatic heterocycles. The second kappa shape index (κ2) is 9.44. The van der Waals surface area contributed by atoms with E-state index in [4.69, 9.17) is 9.15 Å². The van der Waals surface area contributed by atoms with Crippen molar-refractivity contribution in [2.45, 2.75) is 6.54 Å². The van der Waals surface area contributed by atoms with Crippen LogP contribution in [0.1, 0.15) is 16.9 Å². The standard InChI is InChI=1S/C23H18FN3O3S/c1-29-20-7-3-2-5-17(20)13-21-22(28)27(15-19-6-4-12-30-19)23(31-21)26-25-14-16-8-10-18(24)11-9-16/h2-14H,15H2,1H3/b21-13-,25-14+,26-23-. The smallest absolute Gasteiger partial charge is 0.267 e. The Balaban J connectivity index is 1.63. The van der Waals surface area contributed by atoms with Gasteiger partial charge in [-0.25, -0.2) is 4.39 Å². The Bertz CT molecular complexity index is 1160. The SMILES string of the molecule is COc1ccccc1/C=C1\S/C(=N\N=C\c2ccc(F)cc2)N(Cc2ccco2)C1=O. The lowest BCUT2D eigenvalue weighted by Crippen LogP contribution is -2.28. The molecule has 2 heterocycles. The molecule has 0 aliphatic carbocycles. The molecule has 1 amide bonds. The van der Waals surface area contributed by atoms with Crippen molar-refractivity contribution in [3.8, 4) is 5.75 Å². The number of ether oxygens (including phenoxy) is 1. The van der Waals surface area contributed by atoms with E-state index in [1.165, 1.54) is 35.0 Å². The van der Waals surface area contributed by atoms with Crippen molar-refractivity contribution in [3.05, 3.63) is 94.5 Å². The first-order chi connectivity index (χ1) is 15.1. The Morgan fingerprint density at radius 1 is 1.13 bits per heavy atom. The van der Waals surface area contributed by atoms with Gasteiger partial charge in [0.05, 0.1) is 31.0 Å². The van der Waals surface area contributed by atoms with Gasteiger partial charge in [-0.1, -0.05) is 30.3 Å². The molecule has 3 aromatic rings. The van der Waals surface area contributed by atoms with Crippen LogP contribution in [0.2, 0.25) is 0 Å². The van der Waals surface area contributed by atoms with E-state index >= 15 is 0 Å². The van der Waals surface area contributed by atoms with Crippen molar-refractivity contribution in [3.63, 3.8) is 0 Å². The van der Waals surface area contributed by atoms with E-state index in [0.717, 1.165) is 5.56 Å². The molecule has 0 atom stereocenters. The van der Waals surface area contributed by atoms with Gasteiger partial charge in [0, 0.05) is 5.56 Å². The van der Waals surface area contributed by atoms with Gasteiger partial charge in [-0.2, -0.15) is 5.10 Å². The summed E-state index contributed by atoms with van der Waals surface area (Å²) in [5.41, 5.74) is 1.48. The summed E-state index contributed by atoms with van der Waals surface area (Å²) < 4.78 is 23.8. The van der Waals surface area contributed by atoms with E-state index in [9.17, 15) is 9.18 Å². The molecule has 0 spiro atoms. The maximum absolute atomic E-state index is 13.1. The minimum atomic E-state index is -0.323. The van der Waals surface area contributed by atoms with Gasteiger partial charge >= 0.3 is 0 Å². The lowest BCUT2D eigenvalue weighted by Gasteiger charge is -2.12. The summed E-state index contributed by atoms with van der Waals surface area (Å²) >= 11 is 1.22. The van der Waals surface area contributed by atoms with Gasteiger partial charge in [0.25, 0.3) is 5.91 Å². The Morgan fingerprint density at radius 2 is 1.94 bits per heavy atom. The minimum Gasteiger partial charge on any atom is -0.496 e. The molecule has 1 aliphatic rings. The van der Waals surface area contributed by atoms with Crippen LogP contribution in [-0.4, -0.2) is 29.3 Å². The molecule has 1 aromatic heterocycles. The van der Waals surface area contributed by atoms with Gasteiger partial charge < -0.3 is 9.15 Å². The van der Waals surface area contributed by atoms with Crippen molar-refractivity contribution >= 4 is 35.1 Å². The van der Waals surface area contributed by atoms with Crippen LogP contribution in [0.15, 0.2) is 86.5 Å². The first kappa shape index (κ1) is 20.6. The average Bonchev–Trinajstić information content (AvgIpc) is 3.40. The highest BCUT2D eigenvalue weighted by molar-refractivity contribution is 8.18. The third-order valence-corrected chi connectivity index (χ3v) is 5.42. The number of amides is 1. The monoisotopic (exact) mass is 435 g/mol. The predicted octanol–water partition coefficient (Wildman–Crippen LogP) is 4.93. The second-order valence-corrected chi connectivity index (χ2v) is 7.51. The van der Waals surface area contributed by atoms with Crippen LogP contribution in [0.3, 0.4) is 0 Å². The van der Waals surface area contributed by atoms with Crippen LogP contribution in [0.25, 0.3) is 6.08 Å². The van der Waals surface area contributed by atoms with Crippen LogP contribution in [0.5, 0.6) is 5.75 Å². The van der Waals surface area contributed by atoms with E-state index in [0.29, 0.717) is 27.1 Å². The number of halogens is 1. The van der Waals surface area contributed by atoms with Crippen molar-refractivity contribution in [1.29, 1.82) is 0 Å². The second-order valence-electron chi connectivity index (χ2n) is 6.50. The molecular weight excluding hydrogens is 417 g/mol. The molecule has 6 nitrogen and oxygen atoms in total. The van der Waals surface area contributed by atoms with E-state index < -0.39 is 0 Å². The molecule has 8 heteroatoms. The minimum absolute atomic E-state index is 0.206. The normalized spacial score (nSPS) is 16.7. The molecular formula is C23H18FN3O3S. The zero-order chi connectivity index (χ0) is 21.6. The number of rotatable bonds is 6. The number of benzene rings is 2. The number of hydrogen-bond acceptors (Lipinski definition) is 6. The van der Waals surface area contributed by atoms with Crippen LogP contribution in [0.4, 0.5) is 4.39 Å². The number of carbonyl (C=O) groups is 1. The van der Waals surface area contributed by atoms with E-state index in [1.807, 2.05) is 24.3 Å². The van der Waals surface area contributed by atoms with Crippen molar-refractivity contribution < 1.29 is 18.3 Å². The Morgan fingerprint density at radius 3 is 2.68 bits per heavy atom. The topological polar surface area (TPSA) is 67.4 Å². The fourth-order valence-corrected chi connectivity index (χ4v) is 3.83. The maximum atomic E-state index is 13.1.